The Labute approximate surface area is 127 Å². The van der Waals surface area contributed by atoms with Gasteiger partial charge in [-0.2, -0.15) is 0 Å². The molecule has 0 aliphatic heterocycles. The molecule has 1 aromatic heterocycles. The summed E-state index contributed by atoms with van der Waals surface area (Å²) in [6.07, 6.45) is 1.30. The van der Waals surface area contributed by atoms with E-state index < -0.39 is 17.7 Å². The van der Waals surface area contributed by atoms with E-state index in [9.17, 15) is 14.0 Å². The maximum Gasteiger partial charge on any atom is 0.305 e. The number of anilines is 1. The number of pyridine rings is 1. The Bertz CT molecular complexity index is 703. The van der Waals surface area contributed by atoms with Gasteiger partial charge in [-0.15, -0.1) is 0 Å². The first kappa shape index (κ1) is 15.6. The van der Waals surface area contributed by atoms with Crippen molar-refractivity contribution in [3.8, 4) is 0 Å². The summed E-state index contributed by atoms with van der Waals surface area (Å²) in [5, 5.41) is 8.86. The summed E-state index contributed by atoms with van der Waals surface area (Å²) in [5.41, 5.74) is 0.882. The summed E-state index contributed by atoms with van der Waals surface area (Å²) in [4.78, 5) is 28.8. The standard InChI is InChI=1S/C16H15FN2O3/c1-11-4-3-8-18-15(11)19(9-7-14(20)21)16(22)12-5-2-6-13(17)10-12/h2-6,8,10H,7,9H2,1H3,(H,20,21). The van der Waals surface area contributed by atoms with Crippen molar-refractivity contribution in [1.29, 1.82) is 0 Å². The molecule has 1 N–H and O–H groups in total. The zero-order valence-electron chi connectivity index (χ0n) is 12.0. The SMILES string of the molecule is Cc1cccnc1N(CCC(=O)O)C(=O)c1cccc(F)c1. The number of carbonyl (C=O) groups excluding carboxylic acids is 1. The van der Waals surface area contributed by atoms with Crippen LogP contribution in [-0.4, -0.2) is 28.5 Å². The molecule has 1 heterocycles. The van der Waals surface area contributed by atoms with Gasteiger partial charge in [0, 0.05) is 18.3 Å². The largest absolute Gasteiger partial charge is 0.481 e. The van der Waals surface area contributed by atoms with Crippen LogP contribution in [0.3, 0.4) is 0 Å². The van der Waals surface area contributed by atoms with Crippen LogP contribution in [0.4, 0.5) is 10.2 Å². The fourth-order valence-electron chi connectivity index (χ4n) is 2.05. The van der Waals surface area contributed by atoms with Crippen LogP contribution in [0.5, 0.6) is 0 Å². The minimum Gasteiger partial charge on any atom is -0.481 e. The molecule has 0 fully saturated rings. The number of carboxylic acid groups (broad SMARTS) is 1. The van der Waals surface area contributed by atoms with E-state index in [1.54, 1.807) is 19.1 Å². The second-order valence-corrected chi connectivity index (χ2v) is 4.75. The molecule has 0 unspecified atom stereocenters. The third-order valence-electron chi connectivity index (χ3n) is 3.10. The molecule has 1 aromatic carbocycles. The fraction of sp³-hybridized carbons (Fsp3) is 0.188. The summed E-state index contributed by atoms with van der Waals surface area (Å²) in [6.45, 7) is 1.73. The smallest absolute Gasteiger partial charge is 0.305 e. The fourth-order valence-corrected chi connectivity index (χ4v) is 2.05. The van der Waals surface area contributed by atoms with E-state index in [1.807, 2.05) is 0 Å². The zero-order chi connectivity index (χ0) is 16.1. The van der Waals surface area contributed by atoms with Crippen LogP contribution in [0.2, 0.25) is 0 Å². The molecule has 0 saturated carbocycles. The lowest BCUT2D eigenvalue weighted by Gasteiger charge is -2.22. The number of aromatic nitrogens is 1. The number of hydrogen-bond acceptors (Lipinski definition) is 3. The van der Waals surface area contributed by atoms with Gasteiger partial charge in [-0.05, 0) is 36.8 Å². The van der Waals surface area contributed by atoms with Crippen LogP contribution in [0.1, 0.15) is 22.3 Å². The Balaban J connectivity index is 2.38. The maximum atomic E-state index is 13.3. The van der Waals surface area contributed by atoms with Gasteiger partial charge in [0.25, 0.3) is 5.91 Å². The van der Waals surface area contributed by atoms with E-state index in [0.29, 0.717) is 5.82 Å². The third kappa shape index (κ3) is 3.66. The lowest BCUT2D eigenvalue weighted by atomic mass is 10.1. The second-order valence-electron chi connectivity index (χ2n) is 4.75. The lowest BCUT2D eigenvalue weighted by molar-refractivity contribution is -0.136. The number of rotatable bonds is 5. The number of halogens is 1. The molecular formula is C16H15FN2O3. The molecule has 114 valence electrons. The number of amides is 1. The average molecular weight is 302 g/mol. The molecule has 0 radical (unpaired) electrons. The van der Waals surface area contributed by atoms with E-state index in [-0.39, 0.29) is 18.5 Å². The highest BCUT2D eigenvalue weighted by Gasteiger charge is 2.21. The molecule has 0 bridgehead atoms. The van der Waals surface area contributed by atoms with Crippen LogP contribution in [-0.2, 0) is 4.79 Å². The van der Waals surface area contributed by atoms with Crippen molar-refractivity contribution >= 4 is 17.7 Å². The normalized spacial score (nSPS) is 10.3. The van der Waals surface area contributed by atoms with Crippen molar-refractivity contribution in [3.05, 3.63) is 59.5 Å². The zero-order valence-corrected chi connectivity index (χ0v) is 12.0. The van der Waals surface area contributed by atoms with Crippen molar-refractivity contribution in [3.63, 3.8) is 0 Å². The monoisotopic (exact) mass is 302 g/mol. The van der Waals surface area contributed by atoms with E-state index in [0.717, 1.165) is 11.6 Å². The summed E-state index contributed by atoms with van der Waals surface area (Å²) in [7, 11) is 0. The van der Waals surface area contributed by atoms with Gasteiger partial charge in [-0.1, -0.05) is 12.1 Å². The quantitative estimate of drug-likeness (QED) is 0.921. The van der Waals surface area contributed by atoms with Crippen LogP contribution < -0.4 is 4.90 Å². The highest BCUT2D eigenvalue weighted by molar-refractivity contribution is 6.06. The van der Waals surface area contributed by atoms with E-state index in [1.165, 1.54) is 29.3 Å². The molecule has 2 aromatic rings. The predicted molar refractivity (Wildman–Crippen MR) is 79.3 cm³/mol. The maximum absolute atomic E-state index is 13.3. The molecule has 0 aliphatic rings. The van der Waals surface area contributed by atoms with Gasteiger partial charge in [0.05, 0.1) is 6.42 Å². The Morgan fingerprint density at radius 3 is 2.68 bits per heavy atom. The molecule has 0 saturated heterocycles. The molecule has 5 nitrogen and oxygen atoms in total. The van der Waals surface area contributed by atoms with Crippen LogP contribution >= 0.6 is 0 Å². The number of nitrogens with zero attached hydrogens (tertiary/aromatic N) is 2. The highest BCUT2D eigenvalue weighted by Crippen LogP contribution is 2.19. The highest BCUT2D eigenvalue weighted by atomic mass is 19.1. The molecule has 0 atom stereocenters. The van der Waals surface area contributed by atoms with Crippen molar-refractivity contribution < 1.29 is 19.1 Å². The van der Waals surface area contributed by atoms with E-state index in [2.05, 4.69) is 4.98 Å². The van der Waals surface area contributed by atoms with Gasteiger partial charge in [0.2, 0.25) is 0 Å². The number of carbonyl (C=O) groups is 2. The third-order valence-corrected chi connectivity index (χ3v) is 3.10. The Morgan fingerprint density at radius 1 is 1.27 bits per heavy atom. The first-order valence-electron chi connectivity index (χ1n) is 6.70. The number of hydrogen-bond donors (Lipinski definition) is 1. The number of aryl methyl sites for hydroxylation is 1. The number of benzene rings is 1. The average Bonchev–Trinajstić information content (AvgIpc) is 2.48. The number of carboxylic acids is 1. The predicted octanol–water partition coefficient (Wildman–Crippen LogP) is 2.65. The van der Waals surface area contributed by atoms with Gasteiger partial charge in [-0.25, -0.2) is 9.37 Å². The summed E-state index contributed by atoms with van der Waals surface area (Å²) in [6, 6.07) is 8.77. The lowest BCUT2D eigenvalue weighted by Crippen LogP contribution is -2.34. The van der Waals surface area contributed by atoms with Gasteiger partial charge in [0.15, 0.2) is 0 Å². The summed E-state index contributed by atoms with van der Waals surface area (Å²) in [5.74, 6) is -1.66. The molecule has 6 heteroatoms. The minimum atomic E-state index is -1.02. The summed E-state index contributed by atoms with van der Waals surface area (Å²) >= 11 is 0. The number of aliphatic carboxylic acids is 1. The molecule has 22 heavy (non-hydrogen) atoms. The van der Waals surface area contributed by atoms with Crippen molar-refractivity contribution in [2.24, 2.45) is 0 Å². The van der Waals surface area contributed by atoms with Crippen molar-refractivity contribution in [2.45, 2.75) is 13.3 Å². The summed E-state index contributed by atoms with van der Waals surface area (Å²) < 4.78 is 13.3. The first-order valence-corrected chi connectivity index (χ1v) is 6.70. The van der Waals surface area contributed by atoms with Crippen LogP contribution in [0.25, 0.3) is 0 Å². The minimum absolute atomic E-state index is 0.0392. The Hall–Kier alpha value is -2.76. The van der Waals surface area contributed by atoms with Gasteiger partial charge in [-0.3, -0.25) is 14.5 Å². The van der Waals surface area contributed by atoms with Crippen molar-refractivity contribution in [1.82, 2.24) is 4.98 Å². The first-order chi connectivity index (χ1) is 10.5. The topological polar surface area (TPSA) is 70.5 Å². The van der Waals surface area contributed by atoms with Gasteiger partial charge in [0.1, 0.15) is 11.6 Å². The van der Waals surface area contributed by atoms with Crippen molar-refractivity contribution in [2.75, 3.05) is 11.4 Å². The Kier molecular flexibility index (Phi) is 4.83. The Morgan fingerprint density at radius 2 is 2.05 bits per heavy atom. The van der Waals surface area contributed by atoms with Crippen LogP contribution in [0, 0.1) is 12.7 Å². The van der Waals surface area contributed by atoms with Gasteiger partial charge >= 0.3 is 5.97 Å². The molecule has 1 amide bonds. The second kappa shape index (κ2) is 6.80. The van der Waals surface area contributed by atoms with E-state index >= 15 is 0 Å². The van der Waals surface area contributed by atoms with E-state index in [4.69, 9.17) is 5.11 Å². The molecule has 2 rings (SSSR count). The van der Waals surface area contributed by atoms with Gasteiger partial charge < -0.3 is 5.11 Å². The van der Waals surface area contributed by atoms with Crippen LogP contribution in [0.15, 0.2) is 42.6 Å². The molecule has 0 spiro atoms. The molecule has 0 aliphatic carbocycles. The molecular weight excluding hydrogens is 287 g/mol.